The minimum Gasteiger partial charge on any atom is -0.465 e. The van der Waals surface area contributed by atoms with Gasteiger partial charge >= 0.3 is 17.9 Å². The molecule has 0 aliphatic heterocycles. The fourth-order valence-electron chi connectivity index (χ4n) is 2.61. The molecule has 0 aromatic rings. The first kappa shape index (κ1) is 29.8. The lowest BCUT2D eigenvalue weighted by Gasteiger charge is -2.18. The van der Waals surface area contributed by atoms with Crippen LogP contribution in [0.2, 0.25) is 0 Å². The zero-order chi connectivity index (χ0) is 24.7. The number of unbranched alkanes of at least 4 members (excludes halogenated alkanes) is 4. The van der Waals surface area contributed by atoms with Crippen molar-refractivity contribution in [2.45, 2.75) is 71.0 Å². The van der Waals surface area contributed by atoms with Crippen LogP contribution in [0.1, 0.15) is 65.7 Å². The van der Waals surface area contributed by atoms with Crippen molar-refractivity contribution < 1.29 is 41.6 Å². The van der Waals surface area contributed by atoms with Crippen LogP contribution in [0.5, 0.6) is 0 Å². The molecule has 184 valence electrons. The Labute approximate surface area is 190 Å². The molecule has 0 heterocycles. The van der Waals surface area contributed by atoms with Crippen LogP contribution in [-0.2, 0) is 38.7 Å². The maximum absolute atomic E-state index is 12.4. The Morgan fingerprint density at radius 1 is 0.844 bits per heavy atom. The second-order valence-corrected chi connectivity index (χ2v) is 9.45. The predicted molar refractivity (Wildman–Crippen MR) is 119 cm³/mol. The SMILES string of the molecule is C=C(C)C(=O)OCC(COC(=O)C(=C)C)C(=O)OCCC(CCCCCCC)S(=O)(=O)O. The molecule has 0 rings (SSSR count). The first-order chi connectivity index (χ1) is 14.9. The Balaban J connectivity index is 4.85. The molecule has 0 radical (unpaired) electrons. The van der Waals surface area contributed by atoms with Gasteiger partial charge in [-0.1, -0.05) is 52.2 Å². The largest absolute Gasteiger partial charge is 0.465 e. The summed E-state index contributed by atoms with van der Waals surface area (Å²) in [5, 5.41) is -1.04. The first-order valence-electron chi connectivity index (χ1n) is 10.7. The van der Waals surface area contributed by atoms with Gasteiger partial charge in [-0.15, -0.1) is 0 Å². The molecule has 9 nitrogen and oxygen atoms in total. The number of hydrogen-bond donors (Lipinski definition) is 1. The summed E-state index contributed by atoms with van der Waals surface area (Å²) in [5.41, 5.74) is 0.261. The summed E-state index contributed by atoms with van der Waals surface area (Å²) in [6.45, 7) is 10.7. The molecule has 0 aromatic heterocycles. The van der Waals surface area contributed by atoms with Gasteiger partial charge in [-0.05, 0) is 20.3 Å². The highest BCUT2D eigenvalue weighted by Gasteiger charge is 2.27. The molecule has 0 fully saturated rings. The van der Waals surface area contributed by atoms with E-state index < -0.39 is 52.4 Å². The van der Waals surface area contributed by atoms with Crippen molar-refractivity contribution in [3.63, 3.8) is 0 Å². The molecule has 0 aliphatic carbocycles. The Morgan fingerprint density at radius 2 is 1.34 bits per heavy atom. The van der Waals surface area contributed by atoms with Crippen LogP contribution >= 0.6 is 0 Å². The molecule has 1 N–H and O–H groups in total. The van der Waals surface area contributed by atoms with Gasteiger partial charge in [0.2, 0.25) is 0 Å². The Kier molecular flexibility index (Phi) is 14.5. The molecule has 1 atom stereocenters. The maximum atomic E-state index is 12.4. The number of ether oxygens (including phenoxy) is 3. The minimum atomic E-state index is -4.29. The second kappa shape index (κ2) is 15.6. The number of hydrogen-bond acceptors (Lipinski definition) is 8. The number of esters is 3. The summed E-state index contributed by atoms with van der Waals surface area (Å²) >= 11 is 0. The van der Waals surface area contributed by atoms with Gasteiger partial charge in [0, 0.05) is 17.6 Å². The molecule has 0 aliphatic rings. The van der Waals surface area contributed by atoms with Gasteiger partial charge in [0.1, 0.15) is 19.1 Å². The van der Waals surface area contributed by atoms with Gasteiger partial charge in [0.25, 0.3) is 10.1 Å². The standard InChI is InChI=1S/C22H36O9S/c1-6-7-8-9-10-11-19(32(26,27)28)12-13-29-22(25)18(14-30-20(23)16(2)3)15-31-21(24)17(4)5/h18-19H,2,4,6-15H2,1,3,5H3,(H,26,27,28). The van der Waals surface area contributed by atoms with E-state index in [-0.39, 0.29) is 30.6 Å². The molecule has 0 spiro atoms. The van der Waals surface area contributed by atoms with E-state index in [1.165, 1.54) is 13.8 Å². The van der Waals surface area contributed by atoms with Crippen molar-refractivity contribution in [1.29, 1.82) is 0 Å². The third-order valence-corrected chi connectivity index (χ3v) is 5.91. The van der Waals surface area contributed by atoms with E-state index in [4.69, 9.17) is 14.2 Å². The number of carbonyl (C=O) groups excluding carboxylic acids is 3. The average molecular weight is 477 g/mol. The van der Waals surface area contributed by atoms with Crippen molar-refractivity contribution in [1.82, 2.24) is 0 Å². The minimum absolute atomic E-state index is 0.0812. The molecule has 32 heavy (non-hydrogen) atoms. The van der Waals surface area contributed by atoms with E-state index in [0.29, 0.717) is 6.42 Å². The second-order valence-electron chi connectivity index (χ2n) is 7.75. The zero-order valence-corrected chi connectivity index (χ0v) is 20.1. The van der Waals surface area contributed by atoms with E-state index in [9.17, 15) is 27.4 Å². The summed E-state index contributed by atoms with van der Waals surface area (Å²) in [6, 6.07) is 0. The Bertz CT molecular complexity index is 725. The molecular formula is C22H36O9S. The van der Waals surface area contributed by atoms with Crippen LogP contribution in [-0.4, -0.2) is 55.9 Å². The zero-order valence-electron chi connectivity index (χ0n) is 19.3. The Morgan fingerprint density at radius 3 is 1.78 bits per heavy atom. The van der Waals surface area contributed by atoms with Crippen molar-refractivity contribution >= 4 is 28.0 Å². The summed E-state index contributed by atoms with van der Waals surface area (Å²) in [4.78, 5) is 35.6. The molecule has 0 aromatic carbocycles. The lowest BCUT2D eigenvalue weighted by Crippen LogP contribution is -2.31. The smallest absolute Gasteiger partial charge is 0.333 e. The van der Waals surface area contributed by atoms with Crippen LogP contribution in [0.4, 0.5) is 0 Å². The third kappa shape index (κ3) is 13.3. The van der Waals surface area contributed by atoms with Gasteiger partial charge in [-0.3, -0.25) is 9.35 Å². The van der Waals surface area contributed by atoms with Crippen molar-refractivity contribution in [2.24, 2.45) is 5.92 Å². The highest BCUT2D eigenvalue weighted by molar-refractivity contribution is 7.86. The molecule has 0 saturated carbocycles. The van der Waals surface area contributed by atoms with Gasteiger partial charge < -0.3 is 14.2 Å². The van der Waals surface area contributed by atoms with Crippen LogP contribution in [0, 0.1) is 5.92 Å². The fourth-order valence-corrected chi connectivity index (χ4v) is 3.47. The summed E-state index contributed by atoms with van der Waals surface area (Å²) in [7, 11) is -4.29. The van der Waals surface area contributed by atoms with E-state index >= 15 is 0 Å². The quantitative estimate of drug-likeness (QED) is 0.110. The lowest BCUT2D eigenvalue weighted by molar-refractivity contribution is -0.158. The van der Waals surface area contributed by atoms with Crippen LogP contribution < -0.4 is 0 Å². The number of rotatable bonds is 17. The van der Waals surface area contributed by atoms with Gasteiger partial charge in [0.15, 0.2) is 0 Å². The topological polar surface area (TPSA) is 133 Å². The molecule has 10 heteroatoms. The summed E-state index contributed by atoms with van der Waals surface area (Å²) in [5.74, 6) is -3.38. The van der Waals surface area contributed by atoms with Crippen LogP contribution in [0.25, 0.3) is 0 Å². The normalized spacial score (nSPS) is 12.2. The highest BCUT2D eigenvalue weighted by atomic mass is 32.2. The first-order valence-corrected chi connectivity index (χ1v) is 12.2. The van der Waals surface area contributed by atoms with Crippen molar-refractivity contribution in [3.8, 4) is 0 Å². The van der Waals surface area contributed by atoms with Crippen molar-refractivity contribution in [2.75, 3.05) is 19.8 Å². The molecule has 0 amide bonds. The summed E-state index contributed by atoms with van der Waals surface area (Å²) in [6.07, 6.45) is 4.76. The Hall–Kier alpha value is -2.20. The maximum Gasteiger partial charge on any atom is 0.333 e. The van der Waals surface area contributed by atoms with Crippen LogP contribution in [0.3, 0.4) is 0 Å². The van der Waals surface area contributed by atoms with E-state index in [1.807, 2.05) is 0 Å². The van der Waals surface area contributed by atoms with E-state index in [1.54, 1.807) is 0 Å². The third-order valence-electron chi connectivity index (χ3n) is 4.60. The van der Waals surface area contributed by atoms with E-state index in [0.717, 1.165) is 25.7 Å². The predicted octanol–water partition coefficient (Wildman–Crippen LogP) is 3.39. The molecule has 0 saturated heterocycles. The average Bonchev–Trinajstić information content (AvgIpc) is 2.70. The molecule has 1 unspecified atom stereocenters. The van der Waals surface area contributed by atoms with Gasteiger partial charge in [0.05, 0.1) is 11.9 Å². The fraction of sp³-hybridized carbons (Fsp3) is 0.682. The van der Waals surface area contributed by atoms with Gasteiger partial charge in [-0.25, -0.2) is 9.59 Å². The molecule has 0 bridgehead atoms. The van der Waals surface area contributed by atoms with Crippen LogP contribution in [0.15, 0.2) is 24.3 Å². The monoisotopic (exact) mass is 476 g/mol. The van der Waals surface area contributed by atoms with E-state index in [2.05, 4.69) is 20.1 Å². The summed E-state index contributed by atoms with van der Waals surface area (Å²) < 4.78 is 47.7. The lowest BCUT2D eigenvalue weighted by atomic mass is 10.1. The van der Waals surface area contributed by atoms with Crippen molar-refractivity contribution in [3.05, 3.63) is 24.3 Å². The molecular weight excluding hydrogens is 440 g/mol. The highest BCUT2D eigenvalue weighted by Crippen LogP contribution is 2.16. The van der Waals surface area contributed by atoms with Gasteiger partial charge in [-0.2, -0.15) is 8.42 Å². The number of carbonyl (C=O) groups is 3.